The van der Waals surface area contributed by atoms with Gasteiger partial charge in [-0.05, 0) is 42.5 Å². The molecule has 0 saturated carbocycles. The van der Waals surface area contributed by atoms with Gasteiger partial charge in [0.15, 0.2) is 11.6 Å². The minimum Gasteiger partial charge on any atom is -0.436 e. The molecule has 0 saturated heterocycles. The fraction of sp³-hybridized carbons (Fsp3) is 0. The Labute approximate surface area is 123 Å². The van der Waals surface area contributed by atoms with E-state index in [1.807, 2.05) is 12.1 Å². The molecule has 0 aliphatic heterocycles. The molecule has 0 fully saturated rings. The average molecular weight is 333 g/mol. The molecule has 0 spiro atoms. The molecule has 0 radical (unpaired) electrons. The van der Waals surface area contributed by atoms with E-state index in [-0.39, 0.29) is 5.75 Å². The molecule has 1 heterocycles. The van der Waals surface area contributed by atoms with Crippen LogP contribution in [-0.2, 0) is 0 Å². The minimum absolute atomic E-state index is 0.127. The van der Waals surface area contributed by atoms with Crippen molar-refractivity contribution in [3.05, 3.63) is 58.8 Å². The van der Waals surface area contributed by atoms with Crippen LogP contribution in [0, 0.1) is 5.82 Å². The number of ether oxygens (including phenoxy) is 1. The van der Waals surface area contributed by atoms with Crippen LogP contribution in [-0.4, -0.2) is 4.98 Å². The molecule has 3 aromatic rings. The smallest absolute Gasteiger partial charge is 0.219 e. The van der Waals surface area contributed by atoms with Gasteiger partial charge in [0.1, 0.15) is 0 Å². The predicted octanol–water partition coefficient (Wildman–Crippen LogP) is 4.51. The summed E-state index contributed by atoms with van der Waals surface area (Å²) in [4.78, 5) is 4.32. The summed E-state index contributed by atoms with van der Waals surface area (Å²) < 4.78 is 19.9. The third kappa shape index (κ3) is 2.58. The van der Waals surface area contributed by atoms with Crippen LogP contribution in [0.2, 0.25) is 0 Å². The van der Waals surface area contributed by atoms with Crippen molar-refractivity contribution in [1.29, 1.82) is 0 Å². The van der Waals surface area contributed by atoms with E-state index in [2.05, 4.69) is 20.9 Å². The molecule has 3 nitrogen and oxygen atoms in total. The van der Waals surface area contributed by atoms with Crippen molar-refractivity contribution < 1.29 is 9.13 Å². The van der Waals surface area contributed by atoms with Crippen LogP contribution in [0.3, 0.4) is 0 Å². The Kier molecular flexibility index (Phi) is 3.28. The Morgan fingerprint density at radius 2 is 1.90 bits per heavy atom. The fourth-order valence-electron chi connectivity index (χ4n) is 1.85. The summed E-state index contributed by atoms with van der Waals surface area (Å²) in [7, 11) is 0. The van der Waals surface area contributed by atoms with E-state index < -0.39 is 5.82 Å². The third-order valence-corrected chi connectivity index (χ3v) is 3.29. The second-order valence-corrected chi connectivity index (χ2v) is 5.19. The number of rotatable bonds is 2. The highest BCUT2D eigenvalue weighted by Crippen LogP contribution is 2.28. The number of hydrogen-bond donors (Lipinski definition) is 1. The number of aromatic nitrogens is 1. The number of pyridine rings is 1. The van der Waals surface area contributed by atoms with Gasteiger partial charge in [0, 0.05) is 21.6 Å². The monoisotopic (exact) mass is 332 g/mol. The van der Waals surface area contributed by atoms with Crippen molar-refractivity contribution in [3.63, 3.8) is 0 Å². The summed E-state index contributed by atoms with van der Waals surface area (Å²) in [6, 6.07) is 13.4. The van der Waals surface area contributed by atoms with Gasteiger partial charge in [0.05, 0.1) is 5.52 Å². The number of hydrogen-bond acceptors (Lipinski definition) is 3. The van der Waals surface area contributed by atoms with E-state index in [0.29, 0.717) is 11.6 Å². The van der Waals surface area contributed by atoms with Crippen LogP contribution < -0.4 is 10.5 Å². The first-order valence-electron chi connectivity index (χ1n) is 5.91. The van der Waals surface area contributed by atoms with Gasteiger partial charge in [0.25, 0.3) is 0 Å². The number of nitrogens with zero attached hydrogens (tertiary/aromatic N) is 1. The summed E-state index contributed by atoms with van der Waals surface area (Å²) in [5.41, 5.74) is 7.12. The molecule has 0 aliphatic rings. The number of anilines is 1. The van der Waals surface area contributed by atoms with E-state index >= 15 is 0 Å². The number of benzene rings is 2. The van der Waals surface area contributed by atoms with Gasteiger partial charge < -0.3 is 10.5 Å². The maximum absolute atomic E-state index is 13.6. The van der Waals surface area contributed by atoms with Gasteiger partial charge in [-0.2, -0.15) is 0 Å². The normalized spacial score (nSPS) is 10.7. The molecule has 0 bridgehead atoms. The van der Waals surface area contributed by atoms with Crippen molar-refractivity contribution in [2.24, 2.45) is 0 Å². The molecule has 3 rings (SSSR count). The lowest BCUT2D eigenvalue weighted by Crippen LogP contribution is -1.92. The molecule has 2 N–H and O–H groups in total. The van der Waals surface area contributed by atoms with Crippen molar-refractivity contribution >= 4 is 32.5 Å². The van der Waals surface area contributed by atoms with Crippen molar-refractivity contribution in [3.8, 4) is 11.6 Å². The zero-order valence-corrected chi connectivity index (χ0v) is 11.9. The van der Waals surface area contributed by atoms with Gasteiger partial charge in [-0.25, -0.2) is 9.37 Å². The molecular formula is C15H10BrFN2O. The highest BCUT2D eigenvalue weighted by molar-refractivity contribution is 9.10. The van der Waals surface area contributed by atoms with Crippen molar-refractivity contribution in [1.82, 2.24) is 4.98 Å². The SMILES string of the molecule is Nc1ccc2nc(Oc3cc(Br)ccc3F)ccc2c1. The molecule has 5 heteroatoms. The Bertz CT molecular complexity index is 792. The number of nitrogens with two attached hydrogens (primary N) is 1. The molecule has 2 aromatic carbocycles. The van der Waals surface area contributed by atoms with Crippen LogP contribution in [0.5, 0.6) is 11.6 Å². The quantitative estimate of drug-likeness (QED) is 0.702. The summed E-state index contributed by atoms with van der Waals surface area (Å²) in [5.74, 6) is 0.0216. The van der Waals surface area contributed by atoms with Crippen LogP contribution in [0.4, 0.5) is 10.1 Å². The number of fused-ring (bicyclic) bond motifs is 1. The lowest BCUT2D eigenvalue weighted by Gasteiger charge is -2.07. The summed E-state index contributed by atoms with van der Waals surface area (Å²) in [6.07, 6.45) is 0. The molecular weight excluding hydrogens is 323 g/mol. The maximum atomic E-state index is 13.6. The van der Waals surface area contributed by atoms with Crippen LogP contribution >= 0.6 is 15.9 Å². The Morgan fingerprint density at radius 3 is 2.75 bits per heavy atom. The first kappa shape index (κ1) is 12.9. The average Bonchev–Trinajstić information content (AvgIpc) is 2.43. The standard InChI is InChI=1S/C15H10BrFN2O/c16-10-2-4-12(17)14(8-10)20-15-6-1-9-7-11(18)3-5-13(9)19-15/h1-8H,18H2. The van der Waals surface area contributed by atoms with Crippen molar-refractivity contribution in [2.75, 3.05) is 5.73 Å². The fourth-order valence-corrected chi connectivity index (χ4v) is 2.19. The second kappa shape index (κ2) is 5.09. The molecule has 0 aliphatic carbocycles. The van der Waals surface area contributed by atoms with Gasteiger partial charge in [-0.3, -0.25) is 0 Å². The zero-order valence-electron chi connectivity index (χ0n) is 10.3. The first-order chi connectivity index (χ1) is 9.61. The van der Waals surface area contributed by atoms with Crippen LogP contribution in [0.1, 0.15) is 0 Å². The van der Waals surface area contributed by atoms with Gasteiger partial charge in [-0.15, -0.1) is 0 Å². The maximum Gasteiger partial charge on any atom is 0.219 e. The van der Waals surface area contributed by atoms with Crippen molar-refractivity contribution in [2.45, 2.75) is 0 Å². The summed E-state index contributed by atoms with van der Waals surface area (Å²) in [5, 5.41) is 0.909. The van der Waals surface area contributed by atoms with E-state index in [1.165, 1.54) is 6.07 Å². The highest BCUT2D eigenvalue weighted by Gasteiger charge is 2.07. The molecule has 100 valence electrons. The Hall–Kier alpha value is -2.14. The van der Waals surface area contributed by atoms with Crippen LogP contribution in [0.15, 0.2) is 53.0 Å². The van der Waals surface area contributed by atoms with Gasteiger partial charge >= 0.3 is 0 Å². The molecule has 20 heavy (non-hydrogen) atoms. The lowest BCUT2D eigenvalue weighted by atomic mass is 10.2. The van der Waals surface area contributed by atoms with Gasteiger partial charge in [-0.1, -0.05) is 15.9 Å². The molecule has 0 unspecified atom stereocenters. The van der Waals surface area contributed by atoms with Crippen LogP contribution in [0.25, 0.3) is 10.9 Å². The molecule has 0 amide bonds. The summed E-state index contributed by atoms with van der Waals surface area (Å²) in [6.45, 7) is 0. The molecule has 1 aromatic heterocycles. The Morgan fingerprint density at radius 1 is 1.05 bits per heavy atom. The lowest BCUT2D eigenvalue weighted by molar-refractivity contribution is 0.429. The second-order valence-electron chi connectivity index (χ2n) is 4.28. The third-order valence-electron chi connectivity index (χ3n) is 2.80. The van der Waals surface area contributed by atoms with Gasteiger partial charge in [0.2, 0.25) is 5.88 Å². The number of nitrogen functional groups attached to an aromatic ring is 1. The van der Waals surface area contributed by atoms with E-state index in [1.54, 1.807) is 30.3 Å². The zero-order chi connectivity index (χ0) is 14.1. The largest absolute Gasteiger partial charge is 0.436 e. The summed E-state index contributed by atoms with van der Waals surface area (Å²) >= 11 is 3.28. The minimum atomic E-state index is -0.438. The highest BCUT2D eigenvalue weighted by atomic mass is 79.9. The molecule has 0 atom stereocenters. The first-order valence-corrected chi connectivity index (χ1v) is 6.70. The van der Waals surface area contributed by atoms with E-state index in [4.69, 9.17) is 10.5 Å². The van der Waals surface area contributed by atoms with E-state index in [9.17, 15) is 4.39 Å². The predicted molar refractivity (Wildman–Crippen MR) is 80.3 cm³/mol. The Balaban J connectivity index is 1.98. The topological polar surface area (TPSA) is 48.1 Å². The number of halogens is 2. The van der Waals surface area contributed by atoms with E-state index in [0.717, 1.165) is 15.4 Å².